The highest BCUT2D eigenvalue weighted by atomic mass is 16.5. The van der Waals surface area contributed by atoms with Gasteiger partial charge in [-0.2, -0.15) is 0 Å². The first-order chi connectivity index (χ1) is 16.3. The van der Waals surface area contributed by atoms with Crippen LogP contribution in [0.4, 0.5) is 0 Å². The molecule has 0 aliphatic rings. The number of esters is 2. The van der Waals surface area contributed by atoms with Crippen LogP contribution in [0.25, 0.3) is 0 Å². The molecule has 1 unspecified atom stereocenters. The Kier molecular flexibility index (Phi) is 25.1. The third-order valence-electron chi connectivity index (χ3n) is 5.33. The fourth-order valence-electron chi connectivity index (χ4n) is 3.33. The molecule has 0 fully saturated rings. The topological polar surface area (TPSA) is 89.9 Å². The molecule has 0 aromatic heterocycles. The Bertz CT molecular complexity index is 594. The monoisotopic (exact) mass is 480 g/mol. The Morgan fingerprint density at radius 3 is 1.62 bits per heavy atom. The molecule has 0 aliphatic heterocycles. The molecule has 0 amide bonds. The number of unbranched alkanes of at least 4 members (excludes halogenated alkanes) is 11. The first-order valence-electron chi connectivity index (χ1n) is 12.8. The lowest BCUT2D eigenvalue weighted by atomic mass is 10.0. The van der Waals surface area contributed by atoms with Gasteiger partial charge in [0.05, 0.1) is 12.7 Å². The normalized spacial score (nSPS) is 11.3. The zero-order valence-corrected chi connectivity index (χ0v) is 21.8. The smallest absolute Gasteiger partial charge is 0.337 e. The van der Waals surface area contributed by atoms with Gasteiger partial charge in [0.25, 0.3) is 0 Å². The molecule has 0 aromatic carbocycles. The molecule has 0 radical (unpaired) electrons. The third kappa shape index (κ3) is 24.3. The highest BCUT2D eigenvalue weighted by molar-refractivity contribution is 5.92. The fraction of sp³-hybridized carbons (Fsp3) is 0.679. The van der Waals surface area contributed by atoms with Gasteiger partial charge in [-0.15, -0.1) is 0 Å². The summed E-state index contributed by atoms with van der Waals surface area (Å²) in [5, 5.41) is 8.14. The lowest BCUT2D eigenvalue weighted by Gasteiger charge is -2.17. The van der Waals surface area contributed by atoms with Crippen LogP contribution in [0.5, 0.6) is 0 Å². The number of carbonyl (C=O) groups excluding carboxylic acids is 2. The van der Waals surface area contributed by atoms with Crippen molar-refractivity contribution in [3.63, 3.8) is 0 Å². The van der Waals surface area contributed by atoms with Crippen LogP contribution in [0.2, 0.25) is 0 Å². The van der Waals surface area contributed by atoms with E-state index in [1.54, 1.807) is 0 Å². The van der Waals surface area contributed by atoms with Crippen LogP contribution >= 0.6 is 0 Å². The quantitative estimate of drug-likeness (QED) is 0.0849. The van der Waals surface area contributed by atoms with Crippen LogP contribution in [0.1, 0.15) is 110 Å². The van der Waals surface area contributed by atoms with Crippen molar-refractivity contribution < 1.29 is 29.0 Å². The number of hydrogen-bond donors (Lipinski definition) is 1. The highest BCUT2D eigenvalue weighted by Crippen LogP contribution is 2.17. The van der Waals surface area contributed by atoms with E-state index in [0.29, 0.717) is 0 Å². The summed E-state index contributed by atoms with van der Waals surface area (Å²) in [7, 11) is 1.20. The van der Waals surface area contributed by atoms with Crippen LogP contribution in [0.15, 0.2) is 37.0 Å². The Morgan fingerprint density at radius 2 is 1.24 bits per heavy atom. The van der Waals surface area contributed by atoms with Crippen LogP contribution in [0, 0.1) is 0 Å². The average Bonchev–Trinajstić information content (AvgIpc) is 2.83. The van der Waals surface area contributed by atoms with Gasteiger partial charge in [0.1, 0.15) is 6.10 Å². The Balaban J connectivity index is 0. The predicted molar refractivity (Wildman–Crippen MR) is 139 cm³/mol. The van der Waals surface area contributed by atoms with Crippen LogP contribution in [-0.2, 0) is 23.9 Å². The highest BCUT2D eigenvalue weighted by Gasteiger charge is 2.12. The molecule has 34 heavy (non-hydrogen) atoms. The van der Waals surface area contributed by atoms with Gasteiger partial charge in [0, 0.05) is 12.2 Å². The van der Waals surface area contributed by atoms with E-state index < -0.39 is 11.9 Å². The van der Waals surface area contributed by atoms with E-state index in [9.17, 15) is 14.4 Å². The Labute approximate surface area is 207 Å². The molecule has 0 aliphatic carbocycles. The van der Waals surface area contributed by atoms with Crippen LogP contribution in [0.3, 0.4) is 0 Å². The van der Waals surface area contributed by atoms with Gasteiger partial charge in [-0.25, -0.2) is 14.4 Å². The Morgan fingerprint density at radius 1 is 0.794 bits per heavy atom. The summed E-state index contributed by atoms with van der Waals surface area (Å²) < 4.78 is 9.78. The number of methoxy groups -OCH3 is 1. The molecule has 0 saturated carbocycles. The van der Waals surface area contributed by atoms with E-state index >= 15 is 0 Å². The van der Waals surface area contributed by atoms with E-state index in [4.69, 9.17) is 9.84 Å². The van der Waals surface area contributed by atoms with E-state index in [1.165, 1.54) is 96.7 Å². The SMILES string of the molecule is C=C(C=CC(=O)O)C(=O)OC.C=CC(=O)OC(CCCCCCCC)CCCCCCCCC. The molecule has 0 rings (SSSR count). The second kappa shape index (κ2) is 25.3. The summed E-state index contributed by atoms with van der Waals surface area (Å²) in [6, 6.07) is 0. The van der Waals surface area contributed by atoms with Crippen molar-refractivity contribution in [2.45, 2.75) is 116 Å². The predicted octanol–water partition coefficient (Wildman–Crippen LogP) is 7.33. The van der Waals surface area contributed by atoms with Gasteiger partial charge in [-0.1, -0.05) is 97.6 Å². The van der Waals surface area contributed by atoms with Crippen molar-refractivity contribution >= 4 is 17.9 Å². The summed E-state index contributed by atoms with van der Waals surface area (Å²) >= 11 is 0. The van der Waals surface area contributed by atoms with Gasteiger partial charge < -0.3 is 14.6 Å². The number of ether oxygens (including phenoxy) is 2. The molecule has 6 heteroatoms. The molecule has 0 saturated heterocycles. The van der Waals surface area contributed by atoms with E-state index in [1.807, 2.05) is 0 Å². The summed E-state index contributed by atoms with van der Waals surface area (Å²) in [5.74, 6) is -2.03. The minimum atomic E-state index is -1.13. The average molecular weight is 481 g/mol. The van der Waals surface area contributed by atoms with Crippen molar-refractivity contribution in [1.82, 2.24) is 0 Å². The molecule has 0 spiro atoms. The number of carbonyl (C=O) groups is 3. The fourth-order valence-corrected chi connectivity index (χ4v) is 3.33. The van der Waals surface area contributed by atoms with Crippen molar-refractivity contribution in [1.29, 1.82) is 0 Å². The number of rotatable bonds is 20. The van der Waals surface area contributed by atoms with E-state index in [-0.39, 0.29) is 17.6 Å². The number of carboxylic acid groups (broad SMARTS) is 1. The first kappa shape index (κ1) is 33.8. The van der Waals surface area contributed by atoms with E-state index in [2.05, 4.69) is 31.7 Å². The molecule has 0 bridgehead atoms. The van der Waals surface area contributed by atoms with Gasteiger partial charge in [0.15, 0.2) is 0 Å². The molecule has 1 atom stereocenters. The zero-order valence-electron chi connectivity index (χ0n) is 21.8. The summed E-state index contributed by atoms with van der Waals surface area (Å²) in [5.41, 5.74) is 0.00917. The van der Waals surface area contributed by atoms with Crippen LogP contribution < -0.4 is 0 Å². The second-order valence-electron chi connectivity index (χ2n) is 8.42. The molecule has 0 aromatic rings. The molecule has 1 N–H and O–H groups in total. The van der Waals surface area contributed by atoms with Crippen molar-refractivity contribution in [2.75, 3.05) is 7.11 Å². The molecule has 6 nitrogen and oxygen atoms in total. The standard InChI is InChI=1S/C21H40O2.C7H8O4/c1-4-7-9-11-13-15-17-19-20(23-21(22)6-3)18-16-14-12-10-8-5-2;1-5(7(10)11-2)3-4-6(8)9/h6,20H,3-5,7-19H2,1-2H3;3-4H,1H2,2H3,(H,8,9). The van der Waals surface area contributed by atoms with Gasteiger partial charge in [-0.05, 0) is 31.8 Å². The number of aliphatic carboxylic acids is 1. The first-order valence-corrected chi connectivity index (χ1v) is 12.8. The minimum absolute atomic E-state index is 0.00917. The maximum Gasteiger partial charge on any atom is 0.337 e. The van der Waals surface area contributed by atoms with E-state index in [0.717, 1.165) is 25.0 Å². The Hall–Kier alpha value is -2.37. The second-order valence-corrected chi connectivity index (χ2v) is 8.42. The largest absolute Gasteiger partial charge is 0.478 e. The summed E-state index contributed by atoms with van der Waals surface area (Å²) in [6.07, 6.45) is 22.2. The maximum atomic E-state index is 11.5. The lowest BCUT2D eigenvalue weighted by molar-refractivity contribution is -0.143. The minimum Gasteiger partial charge on any atom is -0.478 e. The molecular formula is C28H48O6. The maximum absolute atomic E-state index is 11.5. The number of carboxylic acids is 1. The molecule has 196 valence electrons. The van der Waals surface area contributed by atoms with Gasteiger partial charge in [-0.3, -0.25) is 0 Å². The molecule has 0 heterocycles. The van der Waals surface area contributed by atoms with Crippen molar-refractivity contribution in [3.8, 4) is 0 Å². The van der Waals surface area contributed by atoms with Crippen LogP contribution in [-0.4, -0.2) is 36.2 Å². The summed E-state index contributed by atoms with van der Waals surface area (Å²) in [6.45, 7) is 11.3. The third-order valence-corrected chi connectivity index (χ3v) is 5.33. The zero-order chi connectivity index (χ0) is 26.0. The molecular weight excluding hydrogens is 432 g/mol. The van der Waals surface area contributed by atoms with Crippen molar-refractivity contribution in [3.05, 3.63) is 37.0 Å². The number of hydrogen-bond acceptors (Lipinski definition) is 5. The van der Waals surface area contributed by atoms with Gasteiger partial charge in [0.2, 0.25) is 0 Å². The van der Waals surface area contributed by atoms with Gasteiger partial charge >= 0.3 is 17.9 Å². The lowest BCUT2D eigenvalue weighted by Crippen LogP contribution is -2.16. The van der Waals surface area contributed by atoms with Crippen molar-refractivity contribution in [2.24, 2.45) is 0 Å². The summed E-state index contributed by atoms with van der Waals surface area (Å²) in [4.78, 5) is 32.0.